The molecule has 2 aromatic rings. The Morgan fingerprint density at radius 3 is 2.91 bits per heavy atom. The first kappa shape index (κ1) is 14.3. The summed E-state index contributed by atoms with van der Waals surface area (Å²) >= 11 is 1.61. The van der Waals surface area contributed by atoms with Gasteiger partial charge in [0.05, 0.1) is 5.56 Å². The number of rotatable bonds is 1. The maximum absolute atomic E-state index is 12.6. The summed E-state index contributed by atoms with van der Waals surface area (Å²) in [4.78, 5) is 16.0. The number of carbonyl (C=O) groups is 1. The minimum absolute atomic E-state index is 0.0105. The van der Waals surface area contributed by atoms with Gasteiger partial charge in [-0.1, -0.05) is 0 Å². The number of phenols is 2. The molecule has 0 spiro atoms. The Bertz CT molecular complexity index is 802. The van der Waals surface area contributed by atoms with Crippen molar-refractivity contribution < 1.29 is 15.0 Å². The Morgan fingerprint density at radius 1 is 1.30 bits per heavy atom. The minimum atomic E-state index is -0.506. The molecular weight excluding hydrogens is 314 g/mol. The summed E-state index contributed by atoms with van der Waals surface area (Å²) in [5, 5.41) is 26.5. The van der Waals surface area contributed by atoms with Crippen LogP contribution in [0.25, 0.3) is 0 Å². The quantitative estimate of drug-likeness (QED) is 0.642. The molecule has 0 saturated heterocycles. The summed E-state index contributed by atoms with van der Waals surface area (Å²) in [7, 11) is 2.08. The number of fused-ring (bicyclic) bond motifs is 3. The van der Waals surface area contributed by atoms with Crippen molar-refractivity contribution in [2.75, 3.05) is 18.9 Å². The first-order valence-corrected chi connectivity index (χ1v) is 8.27. The van der Waals surface area contributed by atoms with E-state index in [2.05, 4.69) is 22.6 Å². The van der Waals surface area contributed by atoms with Crippen molar-refractivity contribution in [3.63, 3.8) is 0 Å². The number of anilines is 1. The molecule has 1 aromatic heterocycles. The summed E-state index contributed by atoms with van der Waals surface area (Å²) in [6, 6.07) is 4.37. The van der Waals surface area contributed by atoms with Gasteiger partial charge in [-0.25, -0.2) is 0 Å². The van der Waals surface area contributed by atoms with Crippen LogP contribution in [-0.2, 0) is 13.0 Å². The zero-order valence-corrected chi connectivity index (χ0v) is 13.4. The van der Waals surface area contributed by atoms with E-state index in [1.807, 2.05) is 0 Å². The normalized spacial score (nSPS) is 20.4. The maximum atomic E-state index is 12.6. The van der Waals surface area contributed by atoms with Gasteiger partial charge in [-0.2, -0.15) is 0 Å². The summed E-state index contributed by atoms with van der Waals surface area (Å²) in [5.41, 5.74) is 2.42. The first-order valence-electron chi connectivity index (χ1n) is 7.45. The summed E-state index contributed by atoms with van der Waals surface area (Å²) in [6.07, 6.45) is 0.371. The highest BCUT2D eigenvalue weighted by molar-refractivity contribution is 7.16. The van der Waals surface area contributed by atoms with E-state index in [-0.39, 0.29) is 17.4 Å². The van der Waals surface area contributed by atoms with Crippen LogP contribution in [0.4, 0.5) is 5.00 Å². The fourth-order valence-electron chi connectivity index (χ4n) is 3.18. The smallest absolute Gasteiger partial charge is 0.256 e. The second-order valence-corrected chi connectivity index (χ2v) is 7.09. The largest absolute Gasteiger partial charge is 0.508 e. The number of phenolic OH excluding ortho intramolecular Hbond substituents is 2. The number of aromatic hydroxyl groups is 2. The van der Waals surface area contributed by atoms with Crippen LogP contribution < -0.4 is 10.6 Å². The predicted molar refractivity (Wildman–Crippen MR) is 88.0 cm³/mol. The van der Waals surface area contributed by atoms with Gasteiger partial charge >= 0.3 is 0 Å². The summed E-state index contributed by atoms with van der Waals surface area (Å²) in [5.74, 6) is -0.172. The zero-order chi connectivity index (χ0) is 16.1. The molecule has 0 saturated carbocycles. The van der Waals surface area contributed by atoms with Gasteiger partial charge < -0.3 is 25.7 Å². The number of nitrogens with one attached hydrogen (secondary N) is 2. The van der Waals surface area contributed by atoms with Gasteiger partial charge in [0.2, 0.25) is 0 Å². The highest BCUT2D eigenvalue weighted by atomic mass is 32.1. The lowest BCUT2D eigenvalue weighted by molar-refractivity contribution is 0.0934. The molecule has 23 heavy (non-hydrogen) atoms. The van der Waals surface area contributed by atoms with Crippen LogP contribution in [0.15, 0.2) is 18.2 Å². The number of amides is 1. The van der Waals surface area contributed by atoms with Gasteiger partial charge in [0.25, 0.3) is 5.91 Å². The third kappa shape index (κ3) is 2.32. The Labute approximate surface area is 137 Å². The Hall–Kier alpha value is -2.25. The summed E-state index contributed by atoms with van der Waals surface area (Å²) < 4.78 is 0. The molecule has 0 aliphatic carbocycles. The van der Waals surface area contributed by atoms with E-state index >= 15 is 0 Å². The number of thiophene rings is 1. The molecule has 0 fully saturated rings. The van der Waals surface area contributed by atoms with Crippen molar-refractivity contribution in [1.82, 2.24) is 10.2 Å². The number of likely N-dealkylation sites (N-methyl/N-ethyl adjacent to an activating group) is 1. The van der Waals surface area contributed by atoms with Crippen molar-refractivity contribution >= 4 is 22.2 Å². The fourth-order valence-corrected chi connectivity index (χ4v) is 4.53. The number of nitrogens with zero attached hydrogens (tertiary/aromatic N) is 1. The van der Waals surface area contributed by atoms with Crippen molar-refractivity contribution in [1.29, 1.82) is 0 Å². The van der Waals surface area contributed by atoms with Crippen LogP contribution in [0.1, 0.15) is 32.5 Å². The molecule has 1 atom stereocenters. The van der Waals surface area contributed by atoms with Gasteiger partial charge in [0.1, 0.15) is 22.7 Å². The third-order valence-corrected chi connectivity index (χ3v) is 5.50. The molecule has 3 heterocycles. The second-order valence-electron chi connectivity index (χ2n) is 5.99. The molecule has 2 aliphatic rings. The van der Waals surface area contributed by atoms with Gasteiger partial charge in [0, 0.05) is 29.6 Å². The van der Waals surface area contributed by atoms with E-state index in [1.54, 1.807) is 17.4 Å². The standard InChI is InChI=1S/C16H17N3O3S/c1-19-5-4-10-12(7-19)23-16-13(10)15(22)17-14(18-16)9-3-2-8(20)6-11(9)21/h2-3,6,14,18,20-21H,4-5,7H2,1H3,(H,17,22)/t14-/m1/s1. The number of hydrogen-bond acceptors (Lipinski definition) is 6. The number of hydrogen-bond donors (Lipinski definition) is 4. The molecule has 2 aliphatic heterocycles. The molecule has 7 heteroatoms. The van der Waals surface area contributed by atoms with Crippen LogP contribution in [0.2, 0.25) is 0 Å². The molecule has 6 nitrogen and oxygen atoms in total. The molecule has 0 unspecified atom stereocenters. The Morgan fingerprint density at radius 2 is 2.13 bits per heavy atom. The Balaban J connectivity index is 1.71. The average molecular weight is 331 g/mol. The highest BCUT2D eigenvalue weighted by Crippen LogP contribution is 2.41. The van der Waals surface area contributed by atoms with Crippen LogP contribution in [0, 0.1) is 0 Å². The van der Waals surface area contributed by atoms with E-state index in [1.165, 1.54) is 17.0 Å². The molecule has 4 rings (SSSR count). The van der Waals surface area contributed by atoms with Crippen molar-refractivity contribution in [3.8, 4) is 11.5 Å². The molecule has 0 bridgehead atoms. The van der Waals surface area contributed by atoms with Crippen LogP contribution >= 0.6 is 11.3 Å². The van der Waals surface area contributed by atoms with Crippen LogP contribution in [-0.4, -0.2) is 34.6 Å². The first-order chi connectivity index (χ1) is 11.0. The lowest BCUT2D eigenvalue weighted by Gasteiger charge is -2.27. The van der Waals surface area contributed by atoms with E-state index in [4.69, 9.17) is 0 Å². The van der Waals surface area contributed by atoms with E-state index in [0.29, 0.717) is 5.56 Å². The van der Waals surface area contributed by atoms with Gasteiger partial charge in [-0.05, 0) is 31.2 Å². The highest BCUT2D eigenvalue weighted by Gasteiger charge is 2.33. The van der Waals surface area contributed by atoms with Crippen molar-refractivity contribution in [2.24, 2.45) is 0 Å². The van der Waals surface area contributed by atoms with E-state index in [9.17, 15) is 15.0 Å². The average Bonchev–Trinajstić information content (AvgIpc) is 2.84. The molecule has 120 valence electrons. The van der Waals surface area contributed by atoms with E-state index < -0.39 is 6.17 Å². The maximum Gasteiger partial charge on any atom is 0.256 e. The van der Waals surface area contributed by atoms with Crippen LogP contribution in [0.5, 0.6) is 11.5 Å². The monoisotopic (exact) mass is 331 g/mol. The number of benzene rings is 1. The minimum Gasteiger partial charge on any atom is -0.508 e. The van der Waals surface area contributed by atoms with Gasteiger partial charge in [-0.3, -0.25) is 4.79 Å². The molecule has 4 N–H and O–H groups in total. The lowest BCUT2D eigenvalue weighted by Crippen LogP contribution is -2.38. The third-order valence-electron chi connectivity index (χ3n) is 4.35. The molecule has 1 amide bonds. The number of carbonyl (C=O) groups excluding carboxylic acids is 1. The SMILES string of the molecule is CN1CCc2c(sc3c2C(=O)N[C@@H](c2ccc(O)cc2O)N3)C1. The molecule has 1 aromatic carbocycles. The second kappa shape index (κ2) is 5.14. The molecule has 0 radical (unpaired) electrons. The van der Waals surface area contributed by atoms with Gasteiger partial charge in [0.15, 0.2) is 0 Å². The van der Waals surface area contributed by atoms with E-state index in [0.717, 1.165) is 35.6 Å². The topological polar surface area (TPSA) is 84.8 Å². The molecular formula is C16H17N3O3S. The Kier molecular flexibility index (Phi) is 3.21. The summed E-state index contributed by atoms with van der Waals surface area (Å²) in [6.45, 7) is 1.81. The fraction of sp³-hybridized carbons (Fsp3) is 0.312. The lowest BCUT2D eigenvalue weighted by atomic mass is 10.0. The van der Waals surface area contributed by atoms with Crippen LogP contribution in [0.3, 0.4) is 0 Å². The predicted octanol–water partition coefficient (Wildman–Crippen LogP) is 2.00. The zero-order valence-electron chi connectivity index (χ0n) is 12.6. The van der Waals surface area contributed by atoms with Crippen molar-refractivity contribution in [3.05, 3.63) is 39.8 Å². The van der Waals surface area contributed by atoms with Gasteiger partial charge in [-0.15, -0.1) is 11.3 Å². The van der Waals surface area contributed by atoms with Crippen molar-refractivity contribution in [2.45, 2.75) is 19.1 Å².